The molecule has 0 amide bonds. The minimum atomic E-state index is 0.172. The van der Waals surface area contributed by atoms with E-state index >= 15 is 0 Å². The average molecular weight is 290 g/mol. The number of aryl methyl sites for hydroxylation is 2. The van der Waals surface area contributed by atoms with E-state index in [0.717, 1.165) is 23.6 Å². The van der Waals surface area contributed by atoms with Crippen LogP contribution in [0.5, 0.6) is 0 Å². The molecule has 3 nitrogen and oxygen atoms in total. The Balaban J connectivity index is 2.30. The molecule has 0 aliphatic carbocycles. The van der Waals surface area contributed by atoms with Gasteiger partial charge in [-0.3, -0.25) is 0 Å². The maximum Gasteiger partial charge on any atom is 0.137 e. The van der Waals surface area contributed by atoms with Gasteiger partial charge in [0.2, 0.25) is 0 Å². The number of hydrogen-bond donors (Lipinski definition) is 1. The second kappa shape index (κ2) is 6.23. The van der Waals surface area contributed by atoms with E-state index in [1.54, 1.807) is 0 Å². The third-order valence-electron chi connectivity index (χ3n) is 3.46. The summed E-state index contributed by atoms with van der Waals surface area (Å²) < 4.78 is 0. The molecule has 20 heavy (non-hydrogen) atoms. The Kier molecular flexibility index (Phi) is 4.61. The van der Waals surface area contributed by atoms with Crippen molar-refractivity contribution in [3.8, 4) is 0 Å². The van der Waals surface area contributed by atoms with Gasteiger partial charge in [0.25, 0.3) is 0 Å². The van der Waals surface area contributed by atoms with Gasteiger partial charge in [-0.2, -0.15) is 0 Å². The van der Waals surface area contributed by atoms with Crippen LogP contribution in [-0.2, 0) is 6.42 Å². The number of anilines is 1. The van der Waals surface area contributed by atoms with Crippen molar-refractivity contribution >= 4 is 17.4 Å². The lowest BCUT2D eigenvalue weighted by Crippen LogP contribution is -2.12. The predicted octanol–water partition coefficient (Wildman–Crippen LogP) is 4.48. The smallest absolute Gasteiger partial charge is 0.137 e. The Morgan fingerprint density at radius 1 is 1.20 bits per heavy atom. The van der Waals surface area contributed by atoms with Crippen molar-refractivity contribution in [2.75, 3.05) is 5.32 Å². The lowest BCUT2D eigenvalue weighted by Gasteiger charge is -2.19. The monoisotopic (exact) mass is 289 g/mol. The van der Waals surface area contributed by atoms with Gasteiger partial charge in [0.15, 0.2) is 0 Å². The van der Waals surface area contributed by atoms with Crippen molar-refractivity contribution in [3.63, 3.8) is 0 Å². The fourth-order valence-electron chi connectivity index (χ4n) is 2.19. The first-order valence-electron chi connectivity index (χ1n) is 6.88. The van der Waals surface area contributed by atoms with Gasteiger partial charge in [0.05, 0.1) is 6.04 Å². The summed E-state index contributed by atoms with van der Waals surface area (Å²) in [5, 5.41) is 3.97. The number of nitrogens with one attached hydrogen (secondary N) is 1. The largest absolute Gasteiger partial charge is 0.363 e. The number of aromatic nitrogens is 2. The first-order chi connectivity index (χ1) is 9.52. The van der Waals surface area contributed by atoms with Crippen molar-refractivity contribution in [1.82, 2.24) is 9.97 Å². The van der Waals surface area contributed by atoms with Gasteiger partial charge in [-0.15, -0.1) is 0 Å². The SMILES string of the molecule is CCc1nc(Cl)c(C)c(NC(C)c2ccccc2C)n1. The molecule has 0 fully saturated rings. The van der Waals surface area contributed by atoms with Crippen molar-refractivity contribution < 1.29 is 0 Å². The van der Waals surface area contributed by atoms with Gasteiger partial charge in [-0.1, -0.05) is 42.8 Å². The van der Waals surface area contributed by atoms with Crippen LogP contribution in [0.2, 0.25) is 5.15 Å². The van der Waals surface area contributed by atoms with Crippen LogP contribution >= 0.6 is 11.6 Å². The Morgan fingerprint density at radius 2 is 1.90 bits per heavy atom. The molecule has 1 aromatic heterocycles. The van der Waals surface area contributed by atoms with E-state index in [9.17, 15) is 0 Å². The molecule has 0 bridgehead atoms. The molecule has 0 aliphatic rings. The third-order valence-corrected chi connectivity index (χ3v) is 3.83. The maximum absolute atomic E-state index is 6.17. The van der Waals surface area contributed by atoms with Crippen LogP contribution < -0.4 is 5.32 Å². The van der Waals surface area contributed by atoms with Gasteiger partial charge in [-0.25, -0.2) is 9.97 Å². The molecule has 1 atom stereocenters. The van der Waals surface area contributed by atoms with Gasteiger partial charge in [0, 0.05) is 12.0 Å². The van der Waals surface area contributed by atoms with Crippen LogP contribution in [0, 0.1) is 13.8 Å². The molecule has 2 rings (SSSR count). The summed E-state index contributed by atoms with van der Waals surface area (Å²) in [6, 6.07) is 8.52. The van der Waals surface area contributed by atoms with Crippen LogP contribution in [0.3, 0.4) is 0 Å². The van der Waals surface area contributed by atoms with Crippen molar-refractivity contribution in [2.24, 2.45) is 0 Å². The zero-order valence-electron chi connectivity index (χ0n) is 12.4. The van der Waals surface area contributed by atoms with E-state index in [1.807, 2.05) is 19.9 Å². The Morgan fingerprint density at radius 3 is 2.55 bits per heavy atom. The van der Waals surface area contributed by atoms with Crippen molar-refractivity contribution in [3.05, 3.63) is 51.9 Å². The van der Waals surface area contributed by atoms with E-state index in [2.05, 4.69) is 47.3 Å². The summed E-state index contributed by atoms with van der Waals surface area (Å²) in [6.45, 7) is 8.21. The van der Waals surface area contributed by atoms with Gasteiger partial charge in [0.1, 0.15) is 16.8 Å². The molecular formula is C16H20ClN3. The van der Waals surface area contributed by atoms with E-state index < -0.39 is 0 Å². The zero-order valence-corrected chi connectivity index (χ0v) is 13.1. The van der Waals surface area contributed by atoms with Crippen LogP contribution in [-0.4, -0.2) is 9.97 Å². The predicted molar refractivity (Wildman–Crippen MR) is 84.4 cm³/mol. The highest BCUT2D eigenvalue weighted by atomic mass is 35.5. The number of hydrogen-bond acceptors (Lipinski definition) is 3. The van der Waals surface area contributed by atoms with Gasteiger partial charge < -0.3 is 5.32 Å². The number of nitrogens with zero attached hydrogens (tertiary/aromatic N) is 2. The summed E-state index contributed by atoms with van der Waals surface area (Å²) in [6.07, 6.45) is 0.771. The normalized spacial score (nSPS) is 12.2. The summed E-state index contributed by atoms with van der Waals surface area (Å²) in [5.41, 5.74) is 3.42. The molecule has 1 N–H and O–H groups in total. The van der Waals surface area contributed by atoms with E-state index in [4.69, 9.17) is 11.6 Å². The number of benzene rings is 1. The standard InChI is InChI=1S/C16H20ClN3/c1-5-14-19-15(17)11(3)16(20-14)18-12(4)13-9-7-6-8-10(13)2/h6-9,12H,5H2,1-4H3,(H,18,19,20). The molecule has 0 saturated carbocycles. The summed E-state index contributed by atoms with van der Waals surface area (Å²) in [4.78, 5) is 8.80. The summed E-state index contributed by atoms with van der Waals surface area (Å²) >= 11 is 6.17. The first-order valence-corrected chi connectivity index (χ1v) is 7.25. The molecular weight excluding hydrogens is 270 g/mol. The fourth-order valence-corrected chi connectivity index (χ4v) is 2.37. The maximum atomic E-state index is 6.17. The van der Waals surface area contributed by atoms with Gasteiger partial charge in [-0.05, 0) is 31.9 Å². The highest BCUT2D eigenvalue weighted by Crippen LogP contribution is 2.25. The molecule has 0 aliphatic heterocycles. The van der Waals surface area contributed by atoms with E-state index in [0.29, 0.717) is 5.15 Å². The Hall–Kier alpha value is -1.61. The lowest BCUT2D eigenvalue weighted by atomic mass is 10.0. The first kappa shape index (κ1) is 14.8. The highest BCUT2D eigenvalue weighted by Gasteiger charge is 2.13. The molecule has 2 aromatic rings. The topological polar surface area (TPSA) is 37.8 Å². The van der Waals surface area contributed by atoms with Crippen LogP contribution in [0.4, 0.5) is 5.82 Å². The fraction of sp³-hybridized carbons (Fsp3) is 0.375. The van der Waals surface area contributed by atoms with Crippen molar-refractivity contribution in [2.45, 2.75) is 40.2 Å². The summed E-state index contributed by atoms with van der Waals surface area (Å²) in [5.74, 6) is 1.58. The second-order valence-electron chi connectivity index (χ2n) is 4.98. The molecule has 106 valence electrons. The molecule has 1 unspecified atom stereocenters. The van der Waals surface area contributed by atoms with Crippen LogP contribution in [0.15, 0.2) is 24.3 Å². The molecule has 1 aromatic carbocycles. The Bertz CT molecular complexity index is 611. The molecule has 1 heterocycles. The minimum absolute atomic E-state index is 0.172. The minimum Gasteiger partial charge on any atom is -0.363 e. The van der Waals surface area contributed by atoms with Crippen LogP contribution in [0.25, 0.3) is 0 Å². The van der Waals surface area contributed by atoms with Crippen molar-refractivity contribution in [1.29, 1.82) is 0 Å². The highest BCUT2D eigenvalue weighted by molar-refractivity contribution is 6.30. The third kappa shape index (κ3) is 3.10. The molecule has 0 radical (unpaired) electrons. The number of halogens is 1. The number of rotatable bonds is 4. The molecule has 0 spiro atoms. The average Bonchev–Trinajstić information content (AvgIpc) is 2.43. The molecule has 4 heteroatoms. The molecule has 0 saturated heterocycles. The second-order valence-corrected chi connectivity index (χ2v) is 5.34. The quantitative estimate of drug-likeness (QED) is 0.843. The lowest BCUT2D eigenvalue weighted by molar-refractivity contribution is 0.844. The zero-order chi connectivity index (χ0) is 14.7. The summed E-state index contributed by atoms with van der Waals surface area (Å²) in [7, 11) is 0. The van der Waals surface area contributed by atoms with Crippen LogP contribution in [0.1, 0.15) is 42.4 Å². The van der Waals surface area contributed by atoms with E-state index in [-0.39, 0.29) is 6.04 Å². The van der Waals surface area contributed by atoms with Gasteiger partial charge >= 0.3 is 0 Å². The van der Waals surface area contributed by atoms with E-state index in [1.165, 1.54) is 11.1 Å². The Labute approximate surface area is 125 Å².